The number of aromatic nitrogens is 4. The van der Waals surface area contributed by atoms with Crippen molar-refractivity contribution in [1.82, 2.24) is 19.7 Å². The van der Waals surface area contributed by atoms with Gasteiger partial charge in [0.15, 0.2) is 0 Å². The number of aryl methyl sites for hydroxylation is 2. The molecule has 0 fully saturated rings. The van der Waals surface area contributed by atoms with E-state index < -0.39 is 0 Å². The number of hydrogen-bond acceptors (Lipinski definition) is 4. The predicted octanol–water partition coefficient (Wildman–Crippen LogP) is 2.26. The third-order valence-electron chi connectivity index (χ3n) is 3.12. The first-order chi connectivity index (χ1) is 9.17. The smallest absolute Gasteiger partial charge is 0.115 e. The molecule has 19 heavy (non-hydrogen) atoms. The lowest BCUT2D eigenvalue weighted by molar-refractivity contribution is 0.583. The molecular weight excluding hydrogens is 306 g/mol. The summed E-state index contributed by atoms with van der Waals surface area (Å²) in [5.74, 6) is 0. The highest BCUT2D eigenvalue weighted by molar-refractivity contribution is 9.10. The Bertz CT molecular complexity index is 537. The van der Waals surface area contributed by atoms with Gasteiger partial charge < -0.3 is 5.73 Å². The van der Waals surface area contributed by atoms with Gasteiger partial charge >= 0.3 is 0 Å². The van der Waals surface area contributed by atoms with Crippen LogP contribution in [-0.2, 0) is 19.4 Å². The fourth-order valence-corrected chi connectivity index (χ4v) is 2.77. The summed E-state index contributed by atoms with van der Waals surface area (Å²) >= 11 is 3.63. The molecule has 0 saturated carbocycles. The summed E-state index contributed by atoms with van der Waals surface area (Å²) in [6.45, 7) is 5.02. The Hall–Kier alpha value is -1.27. The molecular formula is C13H18BrN5. The van der Waals surface area contributed by atoms with Crippen LogP contribution < -0.4 is 5.73 Å². The lowest BCUT2D eigenvalue weighted by atomic mass is 10.1. The average Bonchev–Trinajstić information content (AvgIpc) is 2.76. The van der Waals surface area contributed by atoms with Crippen LogP contribution in [0.4, 0.5) is 0 Å². The Balaban J connectivity index is 2.26. The molecule has 0 saturated heterocycles. The van der Waals surface area contributed by atoms with Crippen LogP contribution in [0.25, 0.3) is 0 Å². The Kier molecular flexibility index (Phi) is 4.66. The zero-order valence-corrected chi connectivity index (χ0v) is 12.8. The first-order valence-corrected chi connectivity index (χ1v) is 7.21. The molecule has 0 aliphatic carbocycles. The zero-order chi connectivity index (χ0) is 13.8. The lowest BCUT2D eigenvalue weighted by Crippen LogP contribution is -2.16. The predicted molar refractivity (Wildman–Crippen MR) is 77.6 cm³/mol. The molecule has 1 unspecified atom stereocenters. The van der Waals surface area contributed by atoms with Crippen molar-refractivity contribution in [2.75, 3.05) is 0 Å². The van der Waals surface area contributed by atoms with Crippen molar-refractivity contribution in [3.63, 3.8) is 0 Å². The molecule has 2 aromatic rings. The van der Waals surface area contributed by atoms with Crippen LogP contribution in [-0.4, -0.2) is 19.7 Å². The van der Waals surface area contributed by atoms with Crippen LogP contribution in [0.5, 0.6) is 0 Å². The fraction of sp³-hybridized carbons (Fsp3) is 0.462. The van der Waals surface area contributed by atoms with Crippen LogP contribution in [0.2, 0.25) is 0 Å². The maximum absolute atomic E-state index is 6.23. The minimum atomic E-state index is -0.121. The monoisotopic (exact) mass is 323 g/mol. The molecule has 102 valence electrons. The maximum atomic E-state index is 6.23. The normalized spacial score (nSPS) is 12.6. The molecule has 0 radical (unpaired) electrons. The van der Waals surface area contributed by atoms with E-state index in [9.17, 15) is 0 Å². The molecule has 2 heterocycles. The Labute approximate surface area is 121 Å². The SMILES string of the molecule is CCc1nn(CC)c(CC(N)c2cncnc2)c1Br. The van der Waals surface area contributed by atoms with Crippen molar-refractivity contribution in [2.24, 2.45) is 5.73 Å². The van der Waals surface area contributed by atoms with E-state index in [0.717, 1.165) is 40.8 Å². The number of halogens is 1. The fourth-order valence-electron chi connectivity index (χ4n) is 2.04. The van der Waals surface area contributed by atoms with Gasteiger partial charge in [0, 0.05) is 37.0 Å². The topological polar surface area (TPSA) is 69.6 Å². The Morgan fingerprint density at radius 3 is 2.58 bits per heavy atom. The largest absolute Gasteiger partial charge is 0.324 e. The van der Waals surface area contributed by atoms with Crippen molar-refractivity contribution in [2.45, 2.75) is 39.3 Å². The highest BCUT2D eigenvalue weighted by atomic mass is 79.9. The van der Waals surface area contributed by atoms with E-state index in [1.165, 1.54) is 6.33 Å². The minimum absolute atomic E-state index is 0.121. The van der Waals surface area contributed by atoms with Gasteiger partial charge in [0.05, 0.1) is 15.9 Å². The van der Waals surface area contributed by atoms with E-state index in [1.54, 1.807) is 12.4 Å². The molecule has 2 rings (SSSR count). The Morgan fingerprint density at radius 2 is 2.00 bits per heavy atom. The van der Waals surface area contributed by atoms with E-state index in [1.807, 2.05) is 4.68 Å². The van der Waals surface area contributed by atoms with Crippen LogP contribution in [0.1, 0.15) is 36.8 Å². The van der Waals surface area contributed by atoms with Gasteiger partial charge in [-0.1, -0.05) is 6.92 Å². The summed E-state index contributed by atoms with van der Waals surface area (Å²) in [6, 6.07) is -0.121. The molecule has 0 aromatic carbocycles. The van der Waals surface area contributed by atoms with Crippen molar-refractivity contribution in [3.8, 4) is 0 Å². The molecule has 0 amide bonds. The second kappa shape index (κ2) is 6.25. The van der Waals surface area contributed by atoms with Crippen molar-refractivity contribution < 1.29 is 0 Å². The Morgan fingerprint density at radius 1 is 1.32 bits per heavy atom. The van der Waals surface area contributed by atoms with E-state index >= 15 is 0 Å². The molecule has 2 N–H and O–H groups in total. The van der Waals surface area contributed by atoms with Crippen LogP contribution in [0.3, 0.4) is 0 Å². The first kappa shape index (κ1) is 14.1. The van der Waals surface area contributed by atoms with Gasteiger partial charge in [-0.25, -0.2) is 9.97 Å². The quantitative estimate of drug-likeness (QED) is 0.916. The summed E-state index contributed by atoms with van der Waals surface area (Å²) in [7, 11) is 0. The maximum Gasteiger partial charge on any atom is 0.115 e. The van der Waals surface area contributed by atoms with Crippen LogP contribution in [0, 0.1) is 0 Å². The average molecular weight is 324 g/mol. The molecule has 0 aliphatic rings. The van der Waals surface area contributed by atoms with Crippen molar-refractivity contribution in [3.05, 3.63) is 40.1 Å². The molecule has 0 aliphatic heterocycles. The third kappa shape index (κ3) is 3.01. The van der Waals surface area contributed by atoms with Crippen LogP contribution >= 0.6 is 15.9 Å². The summed E-state index contributed by atoms with van der Waals surface area (Å²) in [6.07, 6.45) is 6.66. The lowest BCUT2D eigenvalue weighted by Gasteiger charge is -2.12. The number of nitrogens with zero attached hydrogens (tertiary/aromatic N) is 4. The number of rotatable bonds is 5. The van der Waals surface area contributed by atoms with Crippen molar-refractivity contribution >= 4 is 15.9 Å². The summed E-state index contributed by atoms with van der Waals surface area (Å²) < 4.78 is 3.08. The molecule has 5 nitrogen and oxygen atoms in total. The second-order valence-electron chi connectivity index (χ2n) is 4.36. The van der Waals surface area contributed by atoms with Gasteiger partial charge in [-0.2, -0.15) is 5.10 Å². The second-order valence-corrected chi connectivity index (χ2v) is 5.15. The minimum Gasteiger partial charge on any atom is -0.324 e. The zero-order valence-electron chi connectivity index (χ0n) is 11.2. The van der Waals surface area contributed by atoms with Crippen LogP contribution in [0.15, 0.2) is 23.2 Å². The molecule has 2 aromatic heterocycles. The molecule has 0 bridgehead atoms. The highest BCUT2D eigenvalue weighted by Crippen LogP contribution is 2.26. The molecule has 1 atom stereocenters. The van der Waals surface area contributed by atoms with Gasteiger partial charge in [-0.3, -0.25) is 4.68 Å². The van der Waals surface area contributed by atoms with Gasteiger partial charge in [-0.05, 0) is 29.3 Å². The van der Waals surface area contributed by atoms with E-state index in [0.29, 0.717) is 0 Å². The van der Waals surface area contributed by atoms with E-state index in [-0.39, 0.29) is 6.04 Å². The first-order valence-electron chi connectivity index (χ1n) is 6.41. The molecule has 0 spiro atoms. The summed E-state index contributed by atoms with van der Waals surface area (Å²) in [4.78, 5) is 8.02. The van der Waals surface area contributed by atoms with Crippen molar-refractivity contribution in [1.29, 1.82) is 0 Å². The molecule has 6 heteroatoms. The third-order valence-corrected chi connectivity index (χ3v) is 4.03. The van der Waals surface area contributed by atoms with Gasteiger partial charge in [-0.15, -0.1) is 0 Å². The highest BCUT2D eigenvalue weighted by Gasteiger charge is 2.17. The standard InChI is InChI=1S/C13H18BrN5/c1-3-11-13(14)12(19(4-2)18-11)5-10(15)9-6-16-8-17-7-9/h6-8,10H,3-5,15H2,1-2H3. The summed E-state index contributed by atoms with van der Waals surface area (Å²) in [5.41, 5.74) is 9.38. The van der Waals surface area contributed by atoms with Gasteiger partial charge in [0.2, 0.25) is 0 Å². The van der Waals surface area contributed by atoms with E-state index in [2.05, 4.69) is 44.8 Å². The van der Waals surface area contributed by atoms with E-state index in [4.69, 9.17) is 5.73 Å². The number of hydrogen-bond donors (Lipinski definition) is 1. The van der Waals surface area contributed by atoms with Gasteiger partial charge in [0.25, 0.3) is 0 Å². The summed E-state index contributed by atoms with van der Waals surface area (Å²) in [5, 5.41) is 4.58. The van der Waals surface area contributed by atoms with Gasteiger partial charge in [0.1, 0.15) is 6.33 Å². The number of nitrogens with two attached hydrogens (primary N) is 1.